The van der Waals surface area contributed by atoms with Crippen LogP contribution in [0.5, 0.6) is 0 Å². The lowest BCUT2D eigenvalue weighted by Gasteiger charge is -2.33. The Morgan fingerprint density at radius 2 is 2.25 bits per heavy atom. The van der Waals surface area contributed by atoms with E-state index in [1.807, 2.05) is 6.92 Å². The second-order valence-corrected chi connectivity index (χ2v) is 5.68. The van der Waals surface area contributed by atoms with Crippen molar-refractivity contribution in [3.05, 3.63) is 22.4 Å². The zero-order chi connectivity index (χ0) is 11.5. The molecule has 1 fully saturated rings. The summed E-state index contributed by atoms with van der Waals surface area (Å²) in [6.07, 6.45) is 4.65. The molecule has 3 unspecified atom stereocenters. The first-order valence-electron chi connectivity index (χ1n) is 5.96. The summed E-state index contributed by atoms with van der Waals surface area (Å²) in [5.74, 6) is -0.0643. The van der Waals surface area contributed by atoms with Crippen molar-refractivity contribution in [2.75, 3.05) is 0 Å². The minimum Gasteiger partial charge on any atom is -0.481 e. The highest BCUT2D eigenvalue weighted by Crippen LogP contribution is 2.43. The van der Waals surface area contributed by atoms with Gasteiger partial charge in [-0.05, 0) is 36.1 Å². The molecule has 1 aromatic heterocycles. The molecular formula is C13H18O2S. The van der Waals surface area contributed by atoms with Crippen molar-refractivity contribution in [1.82, 2.24) is 0 Å². The second kappa shape index (κ2) is 5.00. The maximum Gasteiger partial charge on any atom is 0.306 e. The summed E-state index contributed by atoms with van der Waals surface area (Å²) in [4.78, 5) is 12.5. The van der Waals surface area contributed by atoms with Crippen LogP contribution in [0.4, 0.5) is 0 Å². The van der Waals surface area contributed by atoms with Gasteiger partial charge in [0.05, 0.1) is 5.92 Å². The van der Waals surface area contributed by atoms with E-state index in [0.717, 1.165) is 12.8 Å². The molecule has 2 rings (SSSR count). The van der Waals surface area contributed by atoms with Gasteiger partial charge in [0.15, 0.2) is 0 Å². The van der Waals surface area contributed by atoms with Crippen LogP contribution < -0.4 is 0 Å². The maximum atomic E-state index is 11.1. The highest BCUT2D eigenvalue weighted by Gasteiger charge is 2.34. The van der Waals surface area contributed by atoms with Crippen molar-refractivity contribution in [3.63, 3.8) is 0 Å². The fraction of sp³-hybridized carbons (Fsp3) is 0.615. The predicted molar refractivity (Wildman–Crippen MR) is 65.8 cm³/mol. The number of carboxylic acids is 1. The molecule has 1 heterocycles. The number of carboxylic acid groups (broad SMARTS) is 1. The van der Waals surface area contributed by atoms with E-state index in [9.17, 15) is 4.79 Å². The van der Waals surface area contributed by atoms with Gasteiger partial charge >= 0.3 is 5.97 Å². The van der Waals surface area contributed by atoms with Crippen molar-refractivity contribution >= 4 is 17.3 Å². The van der Waals surface area contributed by atoms with Gasteiger partial charge in [0.25, 0.3) is 0 Å². The number of aliphatic carboxylic acids is 1. The first kappa shape index (κ1) is 11.6. The van der Waals surface area contributed by atoms with E-state index < -0.39 is 5.97 Å². The first-order valence-corrected chi connectivity index (χ1v) is 6.84. The molecule has 0 spiro atoms. The predicted octanol–water partition coefficient (Wildman–Crippen LogP) is 3.74. The average Bonchev–Trinajstić information content (AvgIpc) is 2.81. The summed E-state index contributed by atoms with van der Waals surface area (Å²) >= 11 is 1.77. The monoisotopic (exact) mass is 238 g/mol. The molecule has 1 aliphatic carbocycles. The molecule has 2 nitrogen and oxygen atoms in total. The number of hydrogen-bond donors (Lipinski definition) is 1. The Hall–Kier alpha value is -0.830. The van der Waals surface area contributed by atoms with Crippen LogP contribution in [0.25, 0.3) is 0 Å². The summed E-state index contributed by atoms with van der Waals surface area (Å²) in [6.45, 7) is 1.86. The van der Waals surface area contributed by atoms with E-state index in [2.05, 4.69) is 17.5 Å². The van der Waals surface area contributed by atoms with Gasteiger partial charge in [-0.3, -0.25) is 4.79 Å². The van der Waals surface area contributed by atoms with Gasteiger partial charge in [-0.1, -0.05) is 25.8 Å². The van der Waals surface area contributed by atoms with Gasteiger partial charge in [0.1, 0.15) is 0 Å². The first-order chi connectivity index (χ1) is 7.70. The van der Waals surface area contributed by atoms with Gasteiger partial charge in [-0.25, -0.2) is 0 Å². The van der Waals surface area contributed by atoms with E-state index in [1.54, 1.807) is 11.3 Å². The van der Waals surface area contributed by atoms with Crippen molar-refractivity contribution in [1.29, 1.82) is 0 Å². The van der Waals surface area contributed by atoms with Crippen LogP contribution in [0.2, 0.25) is 0 Å². The summed E-state index contributed by atoms with van der Waals surface area (Å²) in [5, 5.41) is 11.2. The Balaban J connectivity index is 2.17. The lowest BCUT2D eigenvalue weighted by molar-refractivity contribution is -0.143. The summed E-state index contributed by atoms with van der Waals surface area (Å²) < 4.78 is 0. The molecule has 0 bridgehead atoms. The normalized spacial score (nSPS) is 27.6. The van der Waals surface area contributed by atoms with Crippen molar-refractivity contribution in [3.8, 4) is 0 Å². The molecule has 3 atom stereocenters. The Morgan fingerprint density at radius 1 is 1.50 bits per heavy atom. The lowest BCUT2D eigenvalue weighted by Crippen LogP contribution is -2.28. The molecule has 0 aromatic carbocycles. The third-order valence-electron chi connectivity index (χ3n) is 3.76. The molecule has 88 valence electrons. The van der Waals surface area contributed by atoms with Gasteiger partial charge in [0, 0.05) is 4.88 Å². The maximum absolute atomic E-state index is 11.1. The van der Waals surface area contributed by atoms with Crippen molar-refractivity contribution < 1.29 is 9.90 Å². The molecule has 0 radical (unpaired) electrons. The Labute approximate surface area is 100 Å². The highest BCUT2D eigenvalue weighted by molar-refractivity contribution is 7.10. The molecule has 0 amide bonds. The van der Waals surface area contributed by atoms with Crippen molar-refractivity contribution in [2.45, 2.75) is 38.5 Å². The molecule has 0 aliphatic heterocycles. The van der Waals surface area contributed by atoms with Crippen LogP contribution in [-0.4, -0.2) is 11.1 Å². The van der Waals surface area contributed by atoms with Crippen LogP contribution in [0.1, 0.15) is 43.4 Å². The van der Waals surface area contributed by atoms with E-state index >= 15 is 0 Å². The third kappa shape index (κ3) is 2.29. The summed E-state index contributed by atoms with van der Waals surface area (Å²) in [7, 11) is 0. The largest absolute Gasteiger partial charge is 0.481 e. The fourth-order valence-corrected chi connectivity index (χ4v) is 3.74. The van der Waals surface area contributed by atoms with Crippen LogP contribution in [-0.2, 0) is 4.79 Å². The molecule has 3 heteroatoms. The zero-order valence-electron chi connectivity index (χ0n) is 9.56. The quantitative estimate of drug-likeness (QED) is 0.871. The summed E-state index contributed by atoms with van der Waals surface area (Å²) in [6, 6.07) is 4.22. The summed E-state index contributed by atoms with van der Waals surface area (Å²) in [5.41, 5.74) is 0. The van der Waals surface area contributed by atoms with Crippen LogP contribution in [0, 0.1) is 11.8 Å². The Morgan fingerprint density at radius 3 is 2.88 bits per heavy atom. The standard InChI is InChI=1S/C13H18O2S/c1-9(13(14)15)10-5-2-3-6-11(10)12-7-4-8-16-12/h4,7-11H,2-3,5-6H2,1H3,(H,14,15). The topological polar surface area (TPSA) is 37.3 Å². The molecule has 1 aromatic rings. The molecule has 0 saturated heterocycles. The van der Waals surface area contributed by atoms with Gasteiger partial charge in [-0.15, -0.1) is 11.3 Å². The molecular weight excluding hydrogens is 220 g/mol. The smallest absolute Gasteiger partial charge is 0.306 e. The van der Waals surface area contributed by atoms with Crippen LogP contribution >= 0.6 is 11.3 Å². The molecule has 1 N–H and O–H groups in total. The molecule has 1 saturated carbocycles. The fourth-order valence-electron chi connectivity index (χ4n) is 2.80. The average molecular weight is 238 g/mol. The third-order valence-corrected chi connectivity index (χ3v) is 4.76. The van der Waals surface area contributed by atoms with Crippen molar-refractivity contribution in [2.24, 2.45) is 11.8 Å². The SMILES string of the molecule is CC(C(=O)O)C1CCCCC1c1cccs1. The van der Waals surface area contributed by atoms with Gasteiger partial charge < -0.3 is 5.11 Å². The van der Waals surface area contributed by atoms with E-state index in [4.69, 9.17) is 5.11 Å². The number of rotatable bonds is 3. The van der Waals surface area contributed by atoms with E-state index in [-0.39, 0.29) is 5.92 Å². The minimum absolute atomic E-state index is 0.215. The number of carbonyl (C=O) groups is 1. The zero-order valence-corrected chi connectivity index (χ0v) is 10.4. The molecule has 16 heavy (non-hydrogen) atoms. The second-order valence-electron chi connectivity index (χ2n) is 4.70. The van der Waals surface area contributed by atoms with E-state index in [0.29, 0.717) is 11.8 Å². The minimum atomic E-state index is -0.645. The van der Waals surface area contributed by atoms with Gasteiger partial charge in [0.2, 0.25) is 0 Å². The highest BCUT2D eigenvalue weighted by atomic mass is 32.1. The lowest BCUT2D eigenvalue weighted by atomic mass is 9.72. The number of hydrogen-bond acceptors (Lipinski definition) is 2. The van der Waals surface area contributed by atoms with Gasteiger partial charge in [-0.2, -0.15) is 0 Å². The Bertz CT molecular complexity index is 345. The van der Waals surface area contributed by atoms with E-state index in [1.165, 1.54) is 17.7 Å². The Kier molecular flexibility index (Phi) is 3.64. The van der Waals surface area contributed by atoms with Crippen LogP contribution in [0.3, 0.4) is 0 Å². The molecule has 1 aliphatic rings. The number of thiophene rings is 1. The van der Waals surface area contributed by atoms with Crippen LogP contribution in [0.15, 0.2) is 17.5 Å².